The van der Waals surface area contributed by atoms with E-state index < -0.39 is 47.3 Å². The first-order valence-electron chi connectivity index (χ1n) is 10.9. The first-order chi connectivity index (χ1) is 17.0. The molecule has 0 unspecified atom stereocenters. The molecule has 3 rings (SSSR count). The molecule has 0 aliphatic rings. The van der Waals surface area contributed by atoms with Crippen molar-refractivity contribution in [3.8, 4) is 28.6 Å². The molecule has 3 atom stereocenters. The molecule has 1 aromatic carbocycles. The number of rotatable bonds is 11. The van der Waals surface area contributed by atoms with Gasteiger partial charge in [-0.1, -0.05) is 0 Å². The van der Waals surface area contributed by atoms with Gasteiger partial charge in [0.2, 0.25) is 5.88 Å². The predicted octanol–water partition coefficient (Wildman–Crippen LogP) is 1.88. The third kappa shape index (κ3) is 6.99. The van der Waals surface area contributed by atoms with Crippen molar-refractivity contribution in [2.24, 2.45) is 0 Å². The van der Waals surface area contributed by atoms with Gasteiger partial charge in [0.25, 0.3) is 5.91 Å². The number of aliphatic hydroxyl groups excluding tert-OH is 2. The van der Waals surface area contributed by atoms with Crippen molar-refractivity contribution in [2.75, 3.05) is 19.5 Å². The lowest BCUT2D eigenvalue weighted by atomic mass is 10.1. The normalized spacial score (nSPS) is 14.1. The maximum absolute atomic E-state index is 13.0. The molecular weight excluding hydrogens is 495 g/mol. The Hall–Kier alpha value is -3.55. The number of nitrogens with zero attached hydrogens (tertiary/aromatic N) is 2. The van der Waals surface area contributed by atoms with Gasteiger partial charge in [-0.15, -0.1) is 0 Å². The molecule has 0 saturated heterocycles. The number of aliphatic hydroxyl groups is 2. The minimum absolute atomic E-state index is 0.0174. The number of amides is 1. The van der Waals surface area contributed by atoms with Gasteiger partial charge in [-0.3, -0.25) is 4.79 Å². The van der Waals surface area contributed by atoms with Gasteiger partial charge in [-0.25, -0.2) is 22.8 Å². The van der Waals surface area contributed by atoms with Gasteiger partial charge in [0, 0.05) is 23.6 Å². The Labute approximate surface area is 207 Å². The Kier molecular flexibility index (Phi) is 8.61. The van der Waals surface area contributed by atoms with Crippen LogP contribution in [0, 0.1) is 0 Å². The van der Waals surface area contributed by atoms with Crippen molar-refractivity contribution in [3.63, 3.8) is 0 Å². The highest BCUT2D eigenvalue weighted by Gasteiger charge is 2.19. The molecule has 2 aromatic heterocycles. The van der Waals surface area contributed by atoms with Crippen LogP contribution in [0.4, 0.5) is 4.39 Å². The molecule has 13 heteroatoms. The van der Waals surface area contributed by atoms with Crippen molar-refractivity contribution in [2.45, 2.75) is 37.1 Å². The summed E-state index contributed by atoms with van der Waals surface area (Å²) in [5.41, 5.74) is 1.21. The molecule has 1 amide bonds. The Morgan fingerprint density at radius 2 is 1.89 bits per heavy atom. The maximum atomic E-state index is 13.0. The van der Waals surface area contributed by atoms with Gasteiger partial charge < -0.3 is 30.0 Å². The number of hydrogen-bond donors (Lipinski definition) is 4. The summed E-state index contributed by atoms with van der Waals surface area (Å²) in [7, 11) is -3.53. The van der Waals surface area contributed by atoms with Gasteiger partial charge in [0.15, 0.2) is 14.9 Å². The number of benzene rings is 1. The highest BCUT2D eigenvalue weighted by molar-refractivity contribution is 7.90. The topological polar surface area (TPSA) is 164 Å². The van der Waals surface area contributed by atoms with Crippen molar-refractivity contribution in [1.82, 2.24) is 20.3 Å². The van der Waals surface area contributed by atoms with Crippen molar-refractivity contribution in [3.05, 3.63) is 48.4 Å². The summed E-state index contributed by atoms with van der Waals surface area (Å²) in [4.78, 5) is 23.3. The summed E-state index contributed by atoms with van der Waals surface area (Å²) in [6, 6.07) is 7.06. The van der Waals surface area contributed by atoms with Crippen LogP contribution in [0.1, 0.15) is 24.3 Å². The van der Waals surface area contributed by atoms with E-state index in [1.54, 1.807) is 25.1 Å². The number of nitrogens with one attached hydrogen (secondary N) is 2. The monoisotopic (exact) mass is 522 g/mol. The second kappa shape index (κ2) is 11.5. The van der Waals surface area contributed by atoms with Crippen molar-refractivity contribution < 1.29 is 37.3 Å². The predicted molar refractivity (Wildman–Crippen MR) is 128 cm³/mol. The number of alkyl halides is 1. The summed E-state index contributed by atoms with van der Waals surface area (Å²) in [6.07, 6.45) is 1.55. The SMILES string of the molecule is C[C@@H](CF)Oc1cc(Oc2cnc(S(C)(=O)=O)cn2)cc(-c2ccc(C(=O)N[C@@H](CO)[C@@H](C)O)[nH]2)c1. The largest absolute Gasteiger partial charge is 0.488 e. The average Bonchev–Trinajstić information content (AvgIpc) is 3.32. The molecule has 0 aliphatic carbocycles. The van der Waals surface area contributed by atoms with Gasteiger partial charge >= 0.3 is 0 Å². The number of H-pyrrole nitrogens is 1. The van der Waals surface area contributed by atoms with Crippen LogP contribution in [-0.2, 0) is 9.84 Å². The van der Waals surface area contributed by atoms with Crippen LogP contribution in [0.3, 0.4) is 0 Å². The molecule has 3 aromatic rings. The quantitative estimate of drug-likeness (QED) is 0.294. The van der Waals surface area contributed by atoms with E-state index in [4.69, 9.17) is 9.47 Å². The molecule has 36 heavy (non-hydrogen) atoms. The lowest BCUT2D eigenvalue weighted by Crippen LogP contribution is -2.44. The number of carbonyl (C=O) groups excluding carboxylic acids is 1. The van der Waals surface area contributed by atoms with E-state index in [1.807, 2.05) is 0 Å². The summed E-state index contributed by atoms with van der Waals surface area (Å²) in [6.45, 7) is 1.85. The Bertz CT molecular complexity index is 1300. The van der Waals surface area contributed by atoms with Crippen LogP contribution >= 0.6 is 0 Å². The fraction of sp³-hybridized carbons (Fsp3) is 0.348. The van der Waals surface area contributed by atoms with Crippen LogP contribution in [-0.4, -0.2) is 77.3 Å². The Morgan fingerprint density at radius 3 is 2.47 bits per heavy atom. The van der Waals surface area contributed by atoms with Crippen LogP contribution in [0.5, 0.6) is 17.4 Å². The lowest BCUT2D eigenvalue weighted by Gasteiger charge is -2.18. The first kappa shape index (κ1) is 27.0. The second-order valence-corrected chi connectivity index (χ2v) is 10.1. The fourth-order valence-corrected chi connectivity index (χ4v) is 3.54. The van der Waals surface area contributed by atoms with Gasteiger partial charge in [-0.05, 0) is 38.1 Å². The zero-order valence-electron chi connectivity index (χ0n) is 19.8. The molecule has 0 radical (unpaired) electrons. The van der Waals surface area contributed by atoms with Gasteiger partial charge in [-0.2, -0.15) is 0 Å². The number of sulfone groups is 1. The van der Waals surface area contributed by atoms with Crippen molar-refractivity contribution in [1.29, 1.82) is 0 Å². The van der Waals surface area contributed by atoms with E-state index in [-0.39, 0.29) is 28.1 Å². The molecule has 0 spiro atoms. The maximum Gasteiger partial charge on any atom is 0.268 e. The zero-order chi connectivity index (χ0) is 26.5. The first-order valence-corrected chi connectivity index (χ1v) is 12.8. The summed E-state index contributed by atoms with van der Waals surface area (Å²) in [5.74, 6) is 0.00885. The van der Waals surface area contributed by atoms with Crippen molar-refractivity contribution >= 4 is 15.7 Å². The highest BCUT2D eigenvalue weighted by Crippen LogP contribution is 2.32. The summed E-state index contributed by atoms with van der Waals surface area (Å²) in [5, 5.41) is 21.3. The standard InChI is InChI=1S/C23H27FN4O7S/c1-13(9-24)34-16-6-15(18-4-5-19(27-18)23(31)28-20(12-29)14(2)30)7-17(8-16)35-21-10-26-22(11-25-21)36(3,32)33/h4-8,10-11,13-14,20,27,29-30H,9,12H2,1-3H3,(H,28,31)/t13-,14+,20-/m0/s1. The molecule has 0 fully saturated rings. The number of aromatic amines is 1. The number of carbonyl (C=O) groups is 1. The fourth-order valence-electron chi connectivity index (χ4n) is 3.05. The smallest absolute Gasteiger partial charge is 0.268 e. The third-order valence-electron chi connectivity index (χ3n) is 4.98. The van der Waals surface area contributed by atoms with E-state index in [1.165, 1.54) is 19.1 Å². The molecule has 194 valence electrons. The third-order valence-corrected chi connectivity index (χ3v) is 5.95. The Balaban J connectivity index is 1.90. The molecule has 0 bridgehead atoms. The Morgan fingerprint density at radius 1 is 1.17 bits per heavy atom. The van der Waals surface area contributed by atoms with E-state index in [0.29, 0.717) is 11.3 Å². The van der Waals surface area contributed by atoms with Gasteiger partial charge in [0.05, 0.1) is 31.1 Å². The summed E-state index contributed by atoms with van der Waals surface area (Å²) >= 11 is 0. The van der Waals surface area contributed by atoms with E-state index in [0.717, 1.165) is 18.6 Å². The number of halogens is 1. The van der Waals surface area contributed by atoms with E-state index in [2.05, 4.69) is 20.3 Å². The minimum Gasteiger partial charge on any atom is -0.488 e. The molecule has 0 aliphatic heterocycles. The molecule has 0 saturated carbocycles. The lowest BCUT2D eigenvalue weighted by molar-refractivity contribution is 0.0754. The van der Waals surface area contributed by atoms with Crippen LogP contribution in [0.25, 0.3) is 11.3 Å². The highest BCUT2D eigenvalue weighted by atomic mass is 32.2. The molecule has 11 nitrogen and oxygen atoms in total. The molecule has 2 heterocycles. The van der Waals surface area contributed by atoms with E-state index >= 15 is 0 Å². The summed E-state index contributed by atoms with van der Waals surface area (Å²) < 4.78 is 47.6. The number of ether oxygens (including phenoxy) is 2. The molecular formula is C23H27FN4O7S. The number of hydrogen-bond acceptors (Lipinski definition) is 9. The van der Waals surface area contributed by atoms with Crippen LogP contribution < -0.4 is 14.8 Å². The van der Waals surface area contributed by atoms with E-state index in [9.17, 15) is 27.8 Å². The molecule has 4 N–H and O–H groups in total. The average molecular weight is 523 g/mol. The minimum atomic E-state index is -3.53. The van der Waals surface area contributed by atoms with Crippen LogP contribution in [0.2, 0.25) is 0 Å². The zero-order valence-corrected chi connectivity index (χ0v) is 20.6. The number of aromatic nitrogens is 3. The second-order valence-electron chi connectivity index (χ2n) is 8.13. The van der Waals surface area contributed by atoms with Gasteiger partial charge in [0.1, 0.15) is 30.0 Å². The van der Waals surface area contributed by atoms with Crippen LogP contribution in [0.15, 0.2) is 47.8 Å².